The molecule has 0 saturated carbocycles. The third kappa shape index (κ3) is 4.60. The van der Waals surface area contributed by atoms with E-state index in [1.165, 1.54) is 0 Å². The van der Waals surface area contributed by atoms with E-state index in [-0.39, 0.29) is 5.91 Å². The first-order chi connectivity index (χ1) is 12.1. The zero-order valence-corrected chi connectivity index (χ0v) is 14.2. The Morgan fingerprint density at radius 1 is 1.08 bits per heavy atom. The highest BCUT2D eigenvalue weighted by Gasteiger charge is 2.11. The number of nitrogens with one attached hydrogen (secondary N) is 2. The summed E-state index contributed by atoms with van der Waals surface area (Å²) < 4.78 is 0. The van der Waals surface area contributed by atoms with Gasteiger partial charge in [0.05, 0.1) is 0 Å². The fraction of sp³-hybridized carbons (Fsp3) is 0.158. The Bertz CT molecular complexity index is 863. The molecule has 0 radical (unpaired) electrons. The number of hydrogen-bond donors (Lipinski definition) is 2. The number of anilines is 2. The van der Waals surface area contributed by atoms with Gasteiger partial charge in [0.15, 0.2) is 0 Å². The summed E-state index contributed by atoms with van der Waals surface area (Å²) in [6.45, 7) is 4.33. The molecule has 3 aromatic rings. The number of carbonyl (C=O) groups is 1. The fourth-order valence-corrected chi connectivity index (χ4v) is 2.30. The molecular weight excluding hydrogens is 314 g/mol. The molecule has 0 bridgehead atoms. The van der Waals surface area contributed by atoms with Crippen LogP contribution >= 0.6 is 0 Å². The van der Waals surface area contributed by atoms with Gasteiger partial charge in [-0.25, -0.2) is 9.97 Å². The van der Waals surface area contributed by atoms with Gasteiger partial charge in [0.1, 0.15) is 17.3 Å². The molecule has 1 aromatic carbocycles. The topological polar surface area (TPSA) is 79.8 Å². The first-order valence-corrected chi connectivity index (χ1v) is 7.96. The summed E-state index contributed by atoms with van der Waals surface area (Å²) in [6.07, 6.45) is 3.51. The largest absolute Gasteiger partial charge is 0.366 e. The Kier molecular flexibility index (Phi) is 4.99. The smallest absolute Gasteiger partial charge is 0.274 e. The maximum absolute atomic E-state index is 12.4. The van der Waals surface area contributed by atoms with Crippen LogP contribution in [0.3, 0.4) is 0 Å². The van der Waals surface area contributed by atoms with E-state index in [0.29, 0.717) is 23.9 Å². The van der Waals surface area contributed by atoms with Crippen molar-refractivity contribution in [1.29, 1.82) is 0 Å². The van der Waals surface area contributed by atoms with E-state index in [2.05, 4.69) is 25.6 Å². The van der Waals surface area contributed by atoms with Gasteiger partial charge < -0.3 is 10.6 Å². The van der Waals surface area contributed by atoms with Crippen LogP contribution in [-0.4, -0.2) is 20.9 Å². The Hall–Kier alpha value is -3.28. The van der Waals surface area contributed by atoms with Crippen molar-refractivity contribution >= 4 is 17.4 Å². The average Bonchev–Trinajstić information content (AvgIpc) is 2.62. The molecule has 3 rings (SSSR count). The maximum Gasteiger partial charge on any atom is 0.274 e. The molecule has 0 aliphatic rings. The van der Waals surface area contributed by atoms with Gasteiger partial charge in [-0.1, -0.05) is 23.8 Å². The molecule has 1 amide bonds. The molecule has 0 unspecified atom stereocenters. The molecule has 0 spiro atoms. The summed E-state index contributed by atoms with van der Waals surface area (Å²) >= 11 is 0. The van der Waals surface area contributed by atoms with Crippen LogP contribution in [0.4, 0.5) is 11.5 Å². The molecule has 126 valence electrons. The number of benzene rings is 1. The quantitative estimate of drug-likeness (QED) is 0.748. The van der Waals surface area contributed by atoms with Gasteiger partial charge in [-0.15, -0.1) is 0 Å². The first-order valence-electron chi connectivity index (χ1n) is 7.96. The number of aryl methyl sites for hydroxylation is 2. The number of nitrogens with zero attached hydrogens (tertiary/aromatic N) is 3. The SMILES string of the molecule is Cc1ccc(NC(=O)c2cc(NCc3cccnc3)nc(C)n2)cc1. The van der Waals surface area contributed by atoms with Crippen LogP contribution in [0.15, 0.2) is 54.9 Å². The molecular formula is C19H19N5O. The summed E-state index contributed by atoms with van der Waals surface area (Å²) in [5.74, 6) is 0.870. The van der Waals surface area contributed by atoms with E-state index in [1.54, 1.807) is 25.4 Å². The van der Waals surface area contributed by atoms with Crippen LogP contribution in [0.2, 0.25) is 0 Å². The van der Waals surface area contributed by atoms with E-state index in [0.717, 1.165) is 16.8 Å². The molecule has 0 aliphatic carbocycles. The van der Waals surface area contributed by atoms with Gasteiger partial charge in [-0.05, 0) is 37.6 Å². The third-order valence-corrected chi connectivity index (χ3v) is 3.58. The van der Waals surface area contributed by atoms with E-state index in [9.17, 15) is 4.79 Å². The van der Waals surface area contributed by atoms with Gasteiger partial charge in [0.25, 0.3) is 5.91 Å². The van der Waals surface area contributed by atoms with Crippen molar-refractivity contribution in [3.05, 3.63) is 77.5 Å². The monoisotopic (exact) mass is 333 g/mol. The fourth-order valence-electron chi connectivity index (χ4n) is 2.30. The lowest BCUT2D eigenvalue weighted by Gasteiger charge is -2.09. The van der Waals surface area contributed by atoms with Crippen LogP contribution < -0.4 is 10.6 Å². The molecule has 2 heterocycles. The molecule has 2 aromatic heterocycles. The van der Waals surface area contributed by atoms with Crippen molar-refractivity contribution in [2.75, 3.05) is 10.6 Å². The minimum Gasteiger partial charge on any atom is -0.366 e. The molecule has 0 fully saturated rings. The Balaban J connectivity index is 1.72. The summed E-state index contributed by atoms with van der Waals surface area (Å²) in [5.41, 5.74) is 3.22. The average molecular weight is 333 g/mol. The normalized spacial score (nSPS) is 10.3. The molecule has 25 heavy (non-hydrogen) atoms. The first kappa shape index (κ1) is 16.6. The van der Waals surface area contributed by atoms with Crippen LogP contribution in [0.1, 0.15) is 27.4 Å². The zero-order chi connectivity index (χ0) is 17.6. The highest BCUT2D eigenvalue weighted by molar-refractivity contribution is 6.03. The molecule has 6 nitrogen and oxygen atoms in total. The van der Waals surface area contributed by atoms with E-state index >= 15 is 0 Å². The number of amides is 1. The van der Waals surface area contributed by atoms with Crippen molar-refractivity contribution in [1.82, 2.24) is 15.0 Å². The second-order valence-corrected chi connectivity index (χ2v) is 5.72. The Morgan fingerprint density at radius 2 is 1.88 bits per heavy atom. The molecule has 6 heteroatoms. The van der Waals surface area contributed by atoms with Crippen molar-refractivity contribution in [3.63, 3.8) is 0 Å². The van der Waals surface area contributed by atoms with Crippen molar-refractivity contribution in [2.45, 2.75) is 20.4 Å². The second kappa shape index (κ2) is 7.53. The standard InChI is InChI=1S/C19H19N5O/c1-13-5-7-16(8-6-13)24-19(25)17-10-18(23-14(2)22-17)21-12-15-4-3-9-20-11-15/h3-11H,12H2,1-2H3,(H,24,25)(H,21,22,23). The molecule has 2 N–H and O–H groups in total. The van der Waals surface area contributed by atoms with Gasteiger partial charge in [0, 0.05) is 30.7 Å². The van der Waals surface area contributed by atoms with E-state index in [4.69, 9.17) is 0 Å². The van der Waals surface area contributed by atoms with Crippen LogP contribution in [0.5, 0.6) is 0 Å². The summed E-state index contributed by atoms with van der Waals surface area (Å²) in [5, 5.41) is 6.04. The lowest BCUT2D eigenvalue weighted by Crippen LogP contribution is -2.15. The number of pyridine rings is 1. The Morgan fingerprint density at radius 3 is 2.60 bits per heavy atom. The van der Waals surface area contributed by atoms with E-state index in [1.807, 2.05) is 43.3 Å². The Labute approximate surface area is 146 Å². The minimum absolute atomic E-state index is 0.265. The lowest BCUT2D eigenvalue weighted by molar-refractivity contribution is 0.102. The molecule has 0 saturated heterocycles. The van der Waals surface area contributed by atoms with Crippen molar-refractivity contribution in [2.24, 2.45) is 0 Å². The minimum atomic E-state index is -0.265. The predicted octanol–water partition coefficient (Wildman–Crippen LogP) is 3.35. The second-order valence-electron chi connectivity index (χ2n) is 5.72. The number of carbonyl (C=O) groups excluding carboxylic acids is 1. The summed E-state index contributed by atoms with van der Waals surface area (Å²) in [7, 11) is 0. The number of aromatic nitrogens is 3. The van der Waals surface area contributed by atoms with Gasteiger partial charge in [-0.2, -0.15) is 0 Å². The lowest BCUT2D eigenvalue weighted by atomic mass is 10.2. The van der Waals surface area contributed by atoms with Gasteiger partial charge in [0.2, 0.25) is 0 Å². The van der Waals surface area contributed by atoms with Gasteiger partial charge >= 0.3 is 0 Å². The van der Waals surface area contributed by atoms with Crippen LogP contribution in [0.25, 0.3) is 0 Å². The maximum atomic E-state index is 12.4. The number of rotatable bonds is 5. The van der Waals surface area contributed by atoms with Crippen LogP contribution in [0, 0.1) is 13.8 Å². The predicted molar refractivity (Wildman–Crippen MR) is 97.5 cm³/mol. The zero-order valence-electron chi connectivity index (χ0n) is 14.2. The third-order valence-electron chi connectivity index (χ3n) is 3.58. The highest BCUT2D eigenvalue weighted by Crippen LogP contribution is 2.13. The summed E-state index contributed by atoms with van der Waals surface area (Å²) in [6, 6.07) is 13.1. The number of hydrogen-bond acceptors (Lipinski definition) is 5. The van der Waals surface area contributed by atoms with Gasteiger partial charge in [-0.3, -0.25) is 9.78 Å². The van der Waals surface area contributed by atoms with Crippen molar-refractivity contribution in [3.8, 4) is 0 Å². The van der Waals surface area contributed by atoms with Crippen LogP contribution in [-0.2, 0) is 6.54 Å². The highest BCUT2D eigenvalue weighted by atomic mass is 16.1. The molecule has 0 atom stereocenters. The van der Waals surface area contributed by atoms with E-state index < -0.39 is 0 Å². The van der Waals surface area contributed by atoms with Crippen molar-refractivity contribution < 1.29 is 4.79 Å². The molecule has 0 aliphatic heterocycles. The summed E-state index contributed by atoms with van der Waals surface area (Å²) in [4.78, 5) is 25.1.